The van der Waals surface area contributed by atoms with Crippen molar-refractivity contribution < 1.29 is 14.6 Å². The van der Waals surface area contributed by atoms with Crippen LogP contribution in [0.2, 0.25) is 0 Å². The van der Waals surface area contributed by atoms with Gasteiger partial charge in [-0.15, -0.1) is 0 Å². The van der Waals surface area contributed by atoms with E-state index in [1.807, 2.05) is 0 Å². The first-order valence-corrected chi connectivity index (χ1v) is 6.49. The molecule has 0 aromatic heterocycles. The van der Waals surface area contributed by atoms with Gasteiger partial charge >= 0.3 is 0 Å². The summed E-state index contributed by atoms with van der Waals surface area (Å²) >= 11 is 4.94. The first-order valence-electron chi connectivity index (χ1n) is 6.08. The van der Waals surface area contributed by atoms with Crippen LogP contribution in [-0.2, 0) is 9.47 Å². The fraction of sp³-hybridized carbons (Fsp3) is 0.917. The van der Waals surface area contributed by atoms with Crippen LogP contribution in [-0.4, -0.2) is 36.6 Å². The van der Waals surface area contributed by atoms with Crippen molar-refractivity contribution in [1.82, 2.24) is 0 Å². The normalized spacial score (nSPS) is 12.4. The molecule has 0 radical (unpaired) electrons. The molecule has 0 bridgehead atoms. The van der Waals surface area contributed by atoms with Gasteiger partial charge in [-0.1, -0.05) is 33.1 Å². The number of thiocarbonyl (C=S) groups is 1. The van der Waals surface area contributed by atoms with Crippen molar-refractivity contribution in [1.29, 1.82) is 0 Å². The molecule has 1 atom stereocenters. The van der Waals surface area contributed by atoms with Crippen LogP contribution in [0.25, 0.3) is 0 Å². The van der Waals surface area contributed by atoms with E-state index in [0.29, 0.717) is 17.6 Å². The van der Waals surface area contributed by atoms with E-state index < -0.39 is 0 Å². The predicted molar refractivity (Wildman–Crippen MR) is 69.8 cm³/mol. The molecule has 0 aliphatic carbocycles. The van der Waals surface area contributed by atoms with E-state index in [0.717, 1.165) is 13.0 Å². The maximum Gasteiger partial charge on any atom is 0.185 e. The summed E-state index contributed by atoms with van der Waals surface area (Å²) in [5.74, 6) is 0.626. The van der Waals surface area contributed by atoms with Crippen LogP contribution < -0.4 is 0 Å². The van der Waals surface area contributed by atoms with Crippen LogP contribution in [0.1, 0.15) is 39.5 Å². The topological polar surface area (TPSA) is 38.7 Å². The Morgan fingerprint density at radius 2 is 2.12 bits per heavy atom. The summed E-state index contributed by atoms with van der Waals surface area (Å²) in [5, 5.41) is 8.97. The number of aliphatic hydroxyl groups is 1. The molecule has 1 N–H and O–H groups in total. The molecule has 0 aliphatic heterocycles. The molecular weight excluding hydrogens is 224 g/mol. The number of hydrogen-bond acceptors (Lipinski definition) is 4. The zero-order chi connectivity index (χ0) is 12.2. The second-order valence-electron chi connectivity index (χ2n) is 3.88. The summed E-state index contributed by atoms with van der Waals surface area (Å²) in [7, 11) is 0. The van der Waals surface area contributed by atoms with Crippen LogP contribution >= 0.6 is 12.2 Å². The summed E-state index contributed by atoms with van der Waals surface area (Å²) in [6.45, 7) is 5.75. The Kier molecular flexibility index (Phi) is 11.2. The van der Waals surface area contributed by atoms with E-state index in [1.165, 1.54) is 19.3 Å². The van der Waals surface area contributed by atoms with Crippen LogP contribution in [0, 0.1) is 5.92 Å². The molecule has 0 amide bonds. The molecule has 0 saturated heterocycles. The van der Waals surface area contributed by atoms with Crippen LogP contribution in [0.5, 0.6) is 0 Å². The van der Waals surface area contributed by atoms with Crippen molar-refractivity contribution in [2.75, 3.05) is 26.4 Å². The molecule has 96 valence electrons. The van der Waals surface area contributed by atoms with Gasteiger partial charge in [0.25, 0.3) is 0 Å². The lowest BCUT2D eigenvalue weighted by atomic mass is 10.0. The van der Waals surface area contributed by atoms with Crippen LogP contribution in [0.4, 0.5) is 0 Å². The number of unbranched alkanes of at least 4 members (excludes halogenated alkanes) is 1. The highest BCUT2D eigenvalue weighted by Crippen LogP contribution is 2.12. The van der Waals surface area contributed by atoms with Crippen molar-refractivity contribution in [2.45, 2.75) is 39.5 Å². The Balaban J connectivity index is 3.49. The Hall–Kier alpha value is -0.190. The second kappa shape index (κ2) is 11.3. The standard InChI is InChI=1S/C12H24O3S/c1-3-5-6-11(4-2)9-14-10-12(16)15-8-7-13/h11,13H,3-10H2,1-2H3. The maximum atomic E-state index is 8.54. The SMILES string of the molecule is CCCCC(CC)COCC(=S)OCCO. The Labute approximate surface area is 104 Å². The lowest BCUT2D eigenvalue weighted by molar-refractivity contribution is 0.107. The fourth-order valence-electron chi connectivity index (χ4n) is 1.41. The van der Waals surface area contributed by atoms with Crippen LogP contribution in [0.15, 0.2) is 0 Å². The average Bonchev–Trinajstić information content (AvgIpc) is 2.30. The first-order chi connectivity index (χ1) is 7.74. The van der Waals surface area contributed by atoms with Crippen molar-refractivity contribution in [3.8, 4) is 0 Å². The van der Waals surface area contributed by atoms with Gasteiger partial charge in [0, 0.05) is 0 Å². The lowest BCUT2D eigenvalue weighted by Crippen LogP contribution is -2.16. The van der Waals surface area contributed by atoms with E-state index in [-0.39, 0.29) is 13.2 Å². The smallest absolute Gasteiger partial charge is 0.185 e. The average molecular weight is 248 g/mol. The molecule has 0 rings (SSSR count). The Bertz CT molecular complexity index is 174. The minimum absolute atomic E-state index is 0.00573. The van der Waals surface area contributed by atoms with Gasteiger partial charge in [0.05, 0.1) is 13.2 Å². The van der Waals surface area contributed by atoms with Gasteiger partial charge in [-0.2, -0.15) is 0 Å². The predicted octanol–water partition coefficient (Wildman–Crippen LogP) is 2.56. The highest BCUT2D eigenvalue weighted by Gasteiger charge is 2.06. The molecular formula is C12H24O3S. The van der Waals surface area contributed by atoms with Gasteiger partial charge in [-0.05, 0) is 24.6 Å². The molecule has 0 aliphatic rings. The van der Waals surface area contributed by atoms with Crippen LogP contribution in [0.3, 0.4) is 0 Å². The quantitative estimate of drug-likeness (QED) is 0.603. The number of hydrogen-bond donors (Lipinski definition) is 1. The zero-order valence-electron chi connectivity index (χ0n) is 10.4. The second-order valence-corrected chi connectivity index (χ2v) is 4.33. The number of aliphatic hydroxyl groups excluding tert-OH is 1. The molecule has 0 spiro atoms. The van der Waals surface area contributed by atoms with E-state index in [4.69, 9.17) is 26.8 Å². The van der Waals surface area contributed by atoms with E-state index >= 15 is 0 Å². The monoisotopic (exact) mass is 248 g/mol. The summed E-state index contributed by atoms with van der Waals surface area (Å²) in [6.07, 6.45) is 4.85. The van der Waals surface area contributed by atoms with Crippen molar-refractivity contribution in [3.63, 3.8) is 0 Å². The molecule has 0 aromatic carbocycles. The summed E-state index contributed by atoms with van der Waals surface area (Å²) in [6, 6.07) is 0. The largest absolute Gasteiger partial charge is 0.482 e. The van der Waals surface area contributed by atoms with Crippen molar-refractivity contribution in [2.24, 2.45) is 5.92 Å². The third-order valence-corrected chi connectivity index (χ3v) is 2.71. The summed E-state index contributed by atoms with van der Waals surface area (Å²) in [4.78, 5) is 0. The van der Waals surface area contributed by atoms with Gasteiger partial charge < -0.3 is 14.6 Å². The van der Waals surface area contributed by atoms with E-state index in [2.05, 4.69) is 13.8 Å². The summed E-state index contributed by atoms with van der Waals surface area (Å²) in [5.41, 5.74) is 0. The van der Waals surface area contributed by atoms with Gasteiger partial charge in [0.1, 0.15) is 13.2 Å². The Morgan fingerprint density at radius 1 is 1.38 bits per heavy atom. The highest BCUT2D eigenvalue weighted by atomic mass is 32.1. The minimum Gasteiger partial charge on any atom is -0.482 e. The van der Waals surface area contributed by atoms with Gasteiger partial charge in [0.2, 0.25) is 0 Å². The molecule has 1 unspecified atom stereocenters. The maximum absolute atomic E-state index is 8.54. The van der Waals surface area contributed by atoms with E-state index in [1.54, 1.807) is 0 Å². The molecule has 0 saturated carbocycles. The van der Waals surface area contributed by atoms with Gasteiger partial charge in [0.15, 0.2) is 5.05 Å². The van der Waals surface area contributed by atoms with E-state index in [9.17, 15) is 0 Å². The minimum atomic E-state index is -0.00573. The number of rotatable bonds is 10. The molecule has 3 nitrogen and oxygen atoms in total. The molecule has 0 heterocycles. The molecule has 4 heteroatoms. The highest BCUT2D eigenvalue weighted by molar-refractivity contribution is 7.80. The third-order valence-electron chi connectivity index (χ3n) is 2.47. The van der Waals surface area contributed by atoms with Gasteiger partial charge in [-0.25, -0.2) is 0 Å². The third kappa shape index (κ3) is 9.07. The Morgan fingerprint density at radius 3 is 2.69 bits per heavy atom. The van der Waals surface area contributed by atoms with Crippen molar-refractivity contribution in [3.05, 3.63) is 0 Å². The lowest BCUT2D eigenvalue weighted by Gasteiger charge is -2.14. The fourth-order valence-corrected chi connectivity index (χ4v) is 1.57. The number of ether oxygens (including phenoxy) is 2. The molecule has 0 aromatic rings. The summed E-state index contributed by atoms with van der Waals surface area (Å²) < 4.78 is 10.5. The molecule has 16 heavy (non-hydrogen) atoms. The first kappa shape index (κ1) is 15.8. The van der Waals surface area contributed by atoms with Crippen molar-refractivity contribution >= 4 is 17.3 Å². The zero-order valence-corrected chi connectivity index (χ0v) is 11.2. The molecule has 0 fully saturated rings. The van der Waals surface area contributed by atoms with Gasteiger partial charge in [-0.3, -0.25) is 0 Å².